The van der Waals surface area contributed by atoms with Gasteiger partial charge in [-0.2, -0.15) is 4.31 Å². The Balaban J connectivity index is 1.28. The van der Waals surface area contributed by atoms with E-state index in [2.05, 4.69) is 10.3 Å². The van der Waals surface area contributed by atoms with Crippen LogP contribution in [0.15, 0.2) is 47.6 Å². The molecule has 0 bridgehead atoms. The summed E-state index contributed by atoms with van der Waals surface area (Å²) in [6.07, 6.45) is 5.31. The Morgan fingerprint density at radius 3 is 2.34 bits per heavy atom. The predicted molar refractivity (Wildman–Crippen MR) is 151 cm³/mol. The monoisotopic (exact) mass is 626 g/mol. The zero-order chi connectivity index (χ0) is 29.6. The standard InChI is InChI=1S/C27H32Cl2N4O7S/c28-19-14-20(29)16-22(15-19)41(38,39)33-11-1-2-24(33)26(35)31-23(27(36)37)3-4-25(34)32-12-7-18(8-13-32)17-40-21-5-9-30-10-6-21/h5-6,9-10,14-16,18,23-24H,1-4,7-8,11-13,17H2,(H,31,35)(H,36,37)/t23?,24-/m0/s1. The fraction of sp³-hybridized carbons (Fsp3) is 0.481. The molecule has 0 saturated carbocycles. The highest BCUT2D eigenvalue weighted by molar-refractivity contribution is 7.89. The first-order valence-corrected chi connectivity index (χ1v) is 15.6. The number of likely N-dealkylation sites (tertiary alicyclic amines) is 1. The average molecular weight is 628 g/mol. The molecule has 0 radical (unpaired) electrons. The Morgan fingerprint density at radius 2 is 1.71 bits per heavy atom. The molecule has 0 aliphatic carbocycles. The molecule has 2 aliphatic heterocycles. The van der Waals surface area contributed by atoms with Crippen molar-refractivity contribution in [2.75, 3.05) is 26.2 Å². The molecule has 14 heteroatoms. The minimum absolute atomic E-state index is 0.0663. The van der Waals surface area contributed by atoms with Gasteiger partial charge in [0.2, 0.25) is 21.8 Å². The summed E-state index contributed by atoms with van der Waals surface area (Å²) in [6, 6.07) is 5.03. The molecule has 1 unspecified atom stereocenters. The van der Waals surface area contributed by atoms with Crippen LogP contribution in [0.1, 0.15) is 38.5 Å². The van der Waals surface area contributed by atoms with Crippen molar-refractivity contribution in [3.8, 4) is 5.75 Å². The van der Waals surface area contributed by atoms with Crippen molar-refractivity contribution in [2.24, 2.45) is 5.92 Å². The number of aliphatic carboxylic acids is 1. The summed E-state index contributed by atoms with van der Waals surface area (Å²) in [5.41, 5.74) is 0. The van der Waals surface area contributed by atoms with Gasteiger partial charge in [0, 0.05) is 48.5 Å². The highest BCUT2D eigenvalue weighted by Crippen LogP contribution is 2.30. The second-order valence-electron chi connectivity index (χ2n) is 10.1. The van der Waals surface area contributed by atoms with Crippen LogP contribution in [0.4, 0.5) is 0 Å². The third kappa shape index (κ3) is 8.09. The Bertz CT molecular complexity index is 1330. The number of piperidine rings is 1. The number of ether oxygens (including phenoxy) is 1. The van der Waals surface area contributed by atoms with Gasteiger partial charge >= 0.3 is 5.97 Å². The molecule has 2 N–H and O–H groups in total. The van der Waals surface area contributed by atoms with Gasteiger partial charge in [-0.3, -0.25) is 14.6 Å². The number of aromatic nitrogens is 1. The largest absolute Gasteiger partial charge is 0.493 e. The highest BCUT2D eigenvalue weighted by atomic mass is 35.5. The number of carbonyl (C=O) groups excluding carboxylic acids is 2. The number of carbonyl (C=O) groups is 3. The Morgan fingerprint density at radius 1 is 1.05 bits per heavy atom. The zero-order valence-corrected chi connectivity index (χ0v) is 24.6. The van der Waals surface area contributed by atoms with Gasteiger partial charge in [0.25, 0.3) is 0 Å². The maximum atomic E-state index is 13.3. The van der Waals surface area contributed by atoms with Gasteiger partial charge in [0.05, 0.1) is 11.5 Å². The SMILES string of the molecule is O=C(O)C(CCC(=O)N1CCC(COc2ccncc2)CC1)NC(=O)[C@@H]1CCCN1S(=O)(=O)c1cc(Cl)cc(Cl)c1. The third-order valence-corrected chi connectivity index (χ3v) is 9.64. The third-order valence-electron chi connectivity index (χ3n) is 7.31. The number of amides is 2. The van der Waals surface area contributed by atoms with E-state index in [-0.39, 0.29) is 46.7 Å². The topological polar surface area (TPSA) is 146 Å². The zero-order valence-electron chi connectivity index (χ0n) is 22.2. The quantitative estimate of drug-likeness (QED) is 0.386. The van der Waals surface area contributed by atoms with Gasteiger partial charge in [-0.25, -0.2) is 13.2 Å². The summed E-state index contributed by atoms with van der Waals surface area (Å²) >= 11 is 12.0. The summed E-state index contributed by atoms with van der Waals surface area (Å²) < 4.78 is 33.3. The molecule has 2 amide bonds. The molecule has 2 fully saturated rings. The number of benzene rings is 1. The first-order chi connectivity index (χ1) is 19.5. The van der Waals surface area contributed by atoms with Crippen molar-refractivity contribution in [2.45, 2.75) is 55.5 Å². The van der Waals surface area contributed by atoms with E-state index in [4.69, 9.17) is 27.9 Å². The van der Waals surface area contributed by atoms with Gasteiger partial charge in [-0.05, 0) is 68.4 Å². The van der Waals surface area contributed by atoms with E-state index in [0.717, 1.165) is 22.9 Å². The molecule has 1 aromatic heterocycles. The van der Waals surface area contributed by atoms with E-state index in [1.54, 1.807) is 29.4 Å². The van der Waals surface area contributed by atoms with Crippen LogP contribution < -0.4 is 10.1 Å². The molecule has 4 rings (SSSR count). The van der Waals surface area contributed by atoms with Gasteiger partial charge in [0.15, 0.2) is 0 Å². The van der Waals surface area contributed by atoms with Crippen LogP contribution in [0.5, 0.6) is 5.75 Å². The lowest BCUT2D eigenvalue weighted by Crippen LogP contribution is -2.51. The van der Waals surface area contributed by atoms with E-state index in [1.807, 2.05) is 0 Å². The number of halogens is 2. The van der Waals surface area contributed by atoms with E-state index >= 15 is 0 Å². The Kier molecular flexibility index (Phi) is 10.5. The molecule has 2 atom stereocenters. The van der Waals surface area contributed by atoms with E-state index < -0.39 is 34.0 Å². The van der Waals surface area contributed by atoms with Crippen LogP contribution in [0, 0.1) is 5.92 Å². The van der Waals surface area contributed by atoms with E-state index in [0.29, 0.717) is 32.0 Å². The van der Waals surface area contributed by atoms with Gasteiger partial charge in [-0.1, -0.05) is 23.2 Å². The van der Waals surface area contributed by atoms with Crippen LogP contribution in [0.3, 0.4) is 0 Å². The average Bonchev–Trinajstić information content (AvgIpc) is 3.45. The van der Waals surface area contributed by atoms with Crippen LogP contribution >= 0.6 is 23.2 Å². The minimum Gasteiger partial charge on any atom is -0.493 e. The molecule has 2 saturated heterocycles. The van der Waals surface area contributed by atoms with Crippen molar-refractivity contribution >= 4 is 51.0 Å². The van der Waals surface area contributed by atoms with Crippen molar-refractivity contribution in [3.05, 3.63) is 52.8 Å². The lowest BCUT2D eigenvalue weighted by atomic mass is 9.97. The fourth-order valence-corrected chi connectivity index (χ4v) is 7.44. The molecular weight excluding hydrogens is 595 g/mol. The first-order valence-electron chi connectivity index (χ1n) is 13.4. The summed E-state index contributed by atoms with van der Waals surface area (Å²) in [7, 11) is -4.12. The van der Waals surface area contributed by atoms with Gasteiger partial charge in [0.1, 0.15) is 17.8 Å². The number of hydrogen-bond acceptors (Lipinski definition) is 7. The normalized spacial score (nSPS) is 19.1. The van der Waals surface area contributed by atoms with Crippen LogP contribution in [-0.4, -0.2) is 83.8 Å². The smallest absolute Gasteiger partial charge is 0.326 e. The number of hydrogen-bond donors (Lipinski definition) is 2. The summed E-state index contributed by atoms with van der Waals surface area (Å²) in [4.78, 5) is 43.3. The second-order valence-corrected chi connectivity index (χ2v) is 12.9. The lowest BCUT2D eigenvalue weighted by molar-refractivity contribution is -0.143. The number of carboxylic acids is 1. The van der Waals surface area contributed by atoms with E-state index in [9.17, 15) is 27.9 Å². The summed E-state index contributed by atoms with van der Waals surface area (Å²) in [5, 5.41) is 12.4. The van der Waals surface area contributed by atoms with Crippen LogP contribution in [-0.2, 0) is 24.4 Å². The van der Waals surface area contributed by atoms with Crippen molar-refractivity contribution < 1.29 is 32.6 Å². The molecular formula is C27H32Cl2N4O7S. The second kappa shape index (κ2) is 13.8. The maximum absolute atomic E-state index is 13.3. The minimum atomic E-state index is -4.12. The van der Waals surface area contributed by atoms with Crippen molar-refractivity contribution in [3.63, 3.8) is 0 Å². The van der Waals surface area contributed by atoms with Crippen molar-refractivity contribution in [1.29, 1.82) is 0 Å². The van der Waals surface area contributed by atoms with Gasteiger partial charge < -0.3 is 20.1 Å². The Labute approximate surface area is 248 Å². The van der Waals surface area contributed by atoms with Crippen LogP contribution in [0.2, 0.25) is 10.0 Å². The molecule has 2 aromatic rings. The summed E-state index contributed by atoms with van der Waals surface area (Å²) in [5.74, 6) is -1.18. The highest BCUT2D eigenvalue weighted by Gasteiger charge is 2.41. The number of carboxylic acid groups (broad SMARTS) is 1. The number of pyridine rings is 1. The molecule has 1 aromatic carbocycles. The number of sulfonamides is 1. The fourth-order valence-electron chi connectivity index (χ4n) is 5.05. The predicted octanol–water partition coefficient (Wildman–Crippen LogP) is 3.21. The molecule has 2 aliphatic rings. The molecule has 41 heavy (non-hydrogen) atoms. The van der Waals surface area contributed by atoms with E-state index in [1.165, 1.54) is 18.2 Å². The van der Waals surface area contributed by atoms with Crippen LogP contribution in [0.25, 0.3) is 0 Å². The molecule has 11 nitrogen and oxygen atoms in total. The Hall–Kier alpha value is -2.93. The number of nitrogens with one attached hydrogen (secondary N) is 1. The molecule has 3 heterocycles. The maximum Gasteiger partial charge on any atom is 0.326 e. The summed E-state index contributed by atoms with van der Waals surface area (Å²) in [6.45, 7) is 1.70. The molecule has 222 valence electrons. The number of rotatable bonds is 11. The lowest BCUT2D eigenvalue weighted by Gasteiger charge is -2.32. The van der Waals surface area contributed by atoms with Gasteiger partial charge in [-0.15, -0.1) is 0 Å². The number of nitrogens with zero attached hydrogens (tertiary/aromatic N) is 3. The first kappa shape index (κ1) is 31.0. The molecule has 0 spiro atoms. The van der Waals surface area contributed by atoms with Crippen molar-refractivity contribution in [1.82, 2.24) is 19.5 Å².